The van der Waals surface area contributed by atoms with Crippen molar-refractivity contribution in [1.82, 2.24) is 0 Å². The Morgan fingerprint density at radius 2 is 1.38 bits per heavy atom. The minimum Gasteiger partial charge on any atom is -0.508 e. The number of rotatable bonds is 5. The highest BCUT2D eigenvalue weighted by Crippen LogP contribution is 2.32. The quantitative estimate of drug-likeness (QED) is 0.193. The third kappa shape index (κ3) is 11.1. The van der Waals surface area contributed by atoms with Crippen LogP contribution in [0.1, 0.15) is 31.9 Å². The molecular weight excluding hydrogens is 439 g/mol. The van der Waals surface area contributed by atoms with E-state index < -0.39 is 7.82 Å². The van der Waals surface area contributed by atoms with Gasteiger partial charge in [0.25, 0.3) is 0 Å². The maximum Gasteiger partial charge on any atom is 0.466 e. The zero-order valence-corrected chi connectivity index (χ0v) is 19.0. The molecule has 9 nitrogen and oxygen atoms in total. The zero-order valence-electron chi connectivity index (χ0n) is 18.1. The lowest BCUT2D eigenvalue weighted by Crippen LogP contribution is -2.18. The van der Waals surface area contributed by atoms with Crippen LogP contribution in [-0.2, 0) is 24.2 Å². The Morgan fingerprint density at radius 1 is 1.03 bits per heavy atom. The number of hydrogen-bond donors (Lipinski definition) is 5. The van der Waals surface area contributed by atoms with Crippen molar-refractivity contribution >= 4 is 13.8 Å². The van der Waals surface area contributed by atoms with Gasteiger partial charge in [0.2, 0.25) is 0 Å². The summed E-state index contributed by atoms with van der Waals surface area (Å²) >= 11 is 0. The molecule has 0 saturated carbocycles. The molecule has 3 rings (SSSR count). The molecule has 0 amide bonds. The first kappa shape index (κ1) is 27.4. The number of ether oxygens (including phenoxy) is 2. The molecule has 5 N–H and O–H groups in total. The third-order valence-electron chi connectivity index (χ3n) is 4.33. The lowest BCUT2D eigenvalue weighted by Gasteiger charge is -2.26. The van der Waals surface area contributed by atoms with Gasteiger partial charge in [0.1, 0.15) is 24.2 Å². The van der Waals surface area contributed by atoms with Crippen molar-refractivity contribution in [1.29, 1.82) is 0 Å². The van der Waals surface area contributed by atoms with Gasteiger partial charge in [0, 0.05) is 11.0 Å². The van der Waals surface area contributed by atoms with Crippen molar-refractivity contribution in [2.45, 2.75) is 32.3 Å². The molecule has 1 unspecified atom stereocenters. The molecule has 10 heteroatoms. The van der Waals surface area contributed by atoms with E-state index in [0.717, 1.165) is 11.1 Å². The second kappa shape index (κ2) is 11.8. The van der Waals surface area contributed by atoms with Gasteiger partial charge in [-0.3, -0.25) is 0 Å². The molecule has 2 aromatic carbocycles. The van der Waals surface area contributed by atoms with Crippen molar-refractivity contribution in [2.75, 3.05) is 13.2 Å². The summed E-state index contributed by atoms with van der Waals surface area (Å²) in [7, 11) is -4.64. The molecule has 1 fully saturated rings. The Hall–Kier alpha value is -2.68. The molecule has 0 aliphatic carbocycles. The number of phosphoric acid groups is 1. The van der Waals surface area contributed by atoms with Crippen molar-refractivity contribution in [3.8, 4) is 11.5 Å². The molecular formula is C22H29O9P. The number of epoxide rings is 1. The van der Waals surface area contributed by atoms with Gasteiger partial charge in [-0.25, -0.2) is 9.36 Å². The lowest BCUT2D eigenvalue weighted by atomic mass is 9.78. The van der Waals surface area contributed by atoms with E-state index in [9.17, 15) is 15.0 Å². The van der Waals surface area contributed by atoms with E-state index in [0.29, 0.717) is 18.8 Å². The highest BCUT2D eigenvalue weighted by atomic mass is 31.2. The second-order valence-corrected chi connectivity index (χ2v) is 8.59. The average Bonchev–Trinajstić information content (AvgIpc) is 3.50. The molecule has 176 valence electrons. The summed E-state index contributed by atoms with van der Waals surface area (Å²) in [5.41, 5.74) is 2.53. The number of aromatic hydroxyl groups is 2. The highest BCUT2D eigenvalue weighted by Gasteiger charge is 2.24. The Labute approximate surface area is 186 Å². The Balaban J connectivity index is 0.000000288. The fourth-order valence-electron chi connectivity index (χ4n) is 2.38. The van der Waals surface area contributed by atoms with E-state index in [1.165, 1.54) is 0 Å². The number of hydrogen-bond acceptors (Lipinski definition) is 6. The first-order valence-electron chi connectivity index (χ1n) is 9.51. The van der Waals surface area contributed by atoms with Crippen LogP contribution in [0.4, 0.5) is 0 Å². The van der Waals surface area contributed by atoms with E-state index in [1.807, 2.05) is 24.3 Å². The second-order valence-electron chi connectivity index (χ2n) is 7.57. The van der Waals surface area contributed by atoms with Crippen LogP contribution in [-0.4, -0.2) is 50.2 Å². The zero-order chi connectivity index (χ0) is 24.5. The summed E-state index contributed by atoms with van der Waals surface area (Å²) in [6.45, 7) is 10.4. The Kier molecular flexibility index (Phi) is 10.1. The van der Waals surface area contributed by atoms with Gasteiger partial charge < -0.3 is 34.4 Å². The molecule has 1 saturated heterocycles. The predicted octanol–water partition coefficient (Wildman–Crippen LogP) is 3.00. The normalized spacial score (nSPS) is 14.8. The summed E-state index contributed by atoms with van der Waals surface area (Å²) in [6.07, 6.45) is 0.142. The minimum absolute atomic E-state index is 0.142. The standard InChI is InChI=1S/C15H16O2.C7H10O3.H3O4P/c1-15(2,11-3-7-13(16)8-4-11)12-5-9-14(17)10-6-12;1-5(2)7(8)10-4-6-3-9-6;1-5(2,3)4/h3-10,16-17H,1-2H3;6H,1,3-4H2,2H3;(H3,1,2,3,4). The van der Waals surface area contributed by atoms with Crippen molar-refractivity contribution in [3.05, 3.63) is 71.8 Å². The van der Waals surface area contributed by atoms with E-state index in [1.54, 1.807) is 31.2 Å². The van der Waals surface area contributed by atoms with Crippen LogP contribution in [0.5, 0.6) is 11.5 Å². The number of carbonyl (C=O) groups is 1. The first-order chi connectivity index (χ1) is 14.7. The van der Waals surface area contributed by atoms with Gasteiger partial charge >= 0.3 is 13.8 Å². The van der Waals surface area contributed by atoms with Gasteiger partial charge in [0.15, 0.2) is 0 Å². The van der Waals surface area contributed by atoms with Crippen LogP contribution >= 0.6 is 7.82 Å². The van der Waals surface area contributed by atoms with Gasteiger partial charge in [-0.15, -0.1) is 0 Å². The molecule has 0 spiro atoms. The molecule has 32 heavy (non-hydrogen) atoms. The molecule has 2 aromatic rings. The van der Waals surface area contributed by atoms with Crippen molar-refractivity contribution in [2.24, 2.45) is 0 Å². The van der Waals surface area contributed by atoms with Crippen LogP contribution < -0.4 is 0 Å². The van der Waals surface area contributed by atoms with Gasteiger partial charge in [0.05, 0.1) is 6.61 Å². The van der Waals surface area contributed by atoms with Gasteiger partial charge in [-0.2, -0.15) is 0 Å². The molecule has 1 aliphatic heterocycles. The smallest absolute Gasteiger partial charge is 0.466 e. The summed E-state index contributed by atoms with van der Waals surface area (Å²) < 4.78 is 18.5. The van der Waals surface area contributed by atoms with Crippen LogP contribution in [0.3, 0.4) is 0 Å². The minimum atomic E-state index is -4.64. The molecule has 0 radical (unpaired) electrons. The van der Waals surface area contributed by atoms with Crippen molar-refractivity contribution < 1.29 is 43.7 Å². The Bertz CT molecular complexity index is 871. The van der Waals surface area contributed by atoms with E-state index in [2.05, 4.69) is 20.4 Å². The maximum absolute atomic E-state index is 10.7. The van der Waals surface area contributed by atoms with Crippen LogP contribution in [0, 0.1) is 0 Å². The van der Waals surface area contributed by atoms with Gasteiger partial charge in [-0.05, 0) is 42.3 Å². The molecule has 1 heterocycles. The summed E-state index contributed by atoms with van der Waals surface area (Å²) in [5, 5.41) is 18.6. The molecule has 0 bridgehead atoms. The molecule has 1 aliphatic rings. The number of esters is 1. The number of benzene rings is 2. The van der Waals surface area contributed by atoms with Crippen LogP contribution in [0.25, 0.3) is 0 Å². The topological polar surface area (TPSA) is 157 Å². The summed E-state index contributed by atoms with van der Waals surface area (Å²) in [5.74, 6) is 0.209. The summed E-state index contributed by atoms with van der Waals surface area (Å²) in [6, 6.07) is 14.4. The third-order valence-corrected chi connectivity index (χ3v) is 4.33. The fourth-order valence-corrected chi connectivity index (χ4v) is 2.38. The Morgan fingerprint density at radius 3 is 1.66 bits per heavy atom. The predicted molar refractivity (Wildman–Crippen MR) is 118 cm³/mol. The summed E-state index contributed by atoms with van der Waals surface area (Å²) in [4.78, 5) is 32.3. The van der Waals surface area contributed by atoms with E-state index in [4.69, 9.17) is 28.7 Å². The largest absolute Gasteiger partial charge is 0.508 e. The van der Waals surface area contributed by atoms with Gasteiger partial charge in [-0.1, -0.05) is 44.7 Å². The average molecular weight is 468 g/mol. The van der Waals surface area contributed by atoms with Crippen molar-refractivity contribution in [3.63, 3.8) is 0 Å². The van der Waals surface area contributed by atoms with E-state index in [-0.39, 0.29) is 29.0 Å². The first-order valence-corrected chi connectivity index (χ1v) is 11.1. The number of phenolic OH excluding ortho intramolecular Hbond substituents is 2. The lowest BCUT2D eigenvalue weighted by molar-refractivity contribution is -0.139. The highest BCUT2D eigenvalue weighted by molar-refractivity contribution is 7.45. The molecule has 0 aromatic heterocycles. The number of phenols is 2. The van der Waals surface area contributed by atoms with E-state index >= 15 is 0 Å². The SMILES string of the molecule is C=C(C)C(=O)OCC1CO1.CC(C)(c1ccc(O)cc1)c1ccc(O)cc1.O=P(O)(O)O. The van der Waals surface area contributed by atoms with Crippen LogP contribution in [0.15, 0.2) is 60.7 Å². The fraction of sp³-hybridized carbons (Fsp3) is 0.318. The number of carbonyl (C=O) groups excluding carboxylic acids is 1. The maximum atomic E-state index is 10.7. The monoisotopic (exact) mass is 468 g/mol. The van der Waals surface area contributed by atoms with Crippen LogP contribution in [0.2, 0.25) is 0 Å². The molecule has 1 atom stereocenters.